The molecule has 1 fully saturated rings. The summed E-state index contributed by atoms with van der Waals surface area (Å²) in [5, 5.41) is 0. The summed E-state index contributed by atoms with van der Waals surface area (Å²) in [6, 6.07) is 9.08. The minimum Gasteiger partial charge on any atom is -0.370 e. The van der Waals surface area contributed by atoms with E-state index in [4.69, 9.17) is 4.74 Å². The van der Waals surface area contributed by atoms with Gasteiger partial charge in [-0.25, -0.2) is 0 Å². The fourth-order valence-electron chi connectivity index (χ4n) is 3.74. The Hall–Kier alpha value is -0.820. The quantitative estimate of drug-likeness (QED) is 0.534. The Morgan fingerprint density at radius 2 is 1.83 bits per heavy atom. The maximum atomic E-state index is 6.45. The molecule has 1 nitrogen and oxygen atoms in total. The number of hydrogen-bond acceptors (Lipinski definition) is 1. The molecule has 0 saturated heterocycles. The first-order valence-corrected chi connectivity index (χ1v) is 9.65. The van der Waals surface area contributed by atoms with Crippen LogP contribution >= 0.6 is 0 Å². The number of rotatable bonds is 7. The topological polar surface area (TPSA) is 9.23 Å². The Balaban J connectivity index is 2.05. The zero-order valence-electron chi connectivity index (χ0n) is 16.0. The third-order valence-corrected chi connectivity index (χ3v) is 6.49. The van der Waals surface area contributed by atoms with Crippen LogP contribution in [0.25, 0.3) is 0 Å². The van der Waals surface area contributed by atoms with Crippen molar-refractivity contribution < 1.29 is 4.74 Å². The zero-order valence-corrected chi connectivity index (χ0v) is 16.0. The first kappa shape index (κ1) is 18.5. The molecule has 0 amide bonds. The van der Waals surface area contributed by atoms with Crippen LogP contribution in [0.1, 0.15) is 96.6 Å². The van der Waals surface area contributed by atoms with E-state index in [0.717, 1.165) is 13.0 Å². The van der Waals surface area contributed by atoms with Crippen molar-refractivity contribution in [3.05, 3.63) is 35.4 Å². The Morgan fingerprint density at radius 1 is 1.13 bits per heavy atom. The van der Waals surface area contributed by atoms with E-state index in [0.29, 0.717) is 11.3 Å². The molecule has 0 N–H and O–H groups in total. The monoisotopic (exact) mass is 316 g/mol. The van der Waals surface area contributed by atoms with Gasteiger partial charge in [0.1, 0.15) is 0 Å². The van der Waals surface area contributed by atoms with E-state index in [1.807, 2.05) is 0 Å². The molecule has 2 rings (SSSR count). The minimum atomic E-state index is 0.141. The Labute approximate surface area is 143 Å². The Kier molecular flexibility index (Phi) is 6.31. The zero-order chi connectivity index (χ0) is 16.9. The van der Waals surface area contributed by atoms with Crippen LogP contribution < -0.4 is 0 Å². The highest BCUT2D eigenvalue weighted by molar-refractivity contribution is 5.27. The second-order valence-electron chi connectivity index (χ2n) is 8.19. The van der Waals surface area contributed by atoms with Crippen molar-refractivity contribution in [2.45, 2.75) is 97.7 Å². The molecule has 0 bridgehead atoms. The maximum Gasteiger partial charge on any atom is 0.0724 e. The van der Waals surface area contributed by atoms with Crippen molar-refractivity contribution in [3.8, 4) is 0 Å². The lowest BCUT2D eigenvalue weighted by atomic mass is 9.74. The van der Waals surface area contributed by atoms with Crippen LogP contribution in [0.2, 0.25) is 0 Å². The molecule has 1 aromatic carbocycles. The highest BCUT2D eigenvalue weighted by Gasteiger charge is 2.31. The molecule has 1 aromatic rings. The molecule has 0 aromatic heterocycles. The molecule has 1 unspecified atom stereocenters. The summed E-state index contributed by atoms with van der Waals surface area (Å²) in [4.78, 5) is 0. The third-order valence-electron chi connectivity index (χ3n) is 6.49. The van der Waals surface area contributed by atoms with Crippen molar-refractivity contribution in [3.63, 3.8) is 0 Å². The summed E-state index contributed by atoms with van der Waals surface area (Å²) in [5.41, 5.74) is 3.27. The van der Waals surface area contributed by atoms with Gasteiger partial charge in [-0.05, 0) is 41.7 Å². The van der Waals surface area contributed by atoms with Gasteiger partial charge in [0, 0.05) is 0 Å². The second-order valence-corrected chi connectivity index (χ2v) is 8.19. The molecule has 23 heavy (non-hydrogen) atoms. The first-order valence-electron chi connectivity index (χ1n) is 9.65. The Morgan fingerprint density at radius 3 is 2.43 bits per heavy atom. The molecule has 0 aliphatic heterocycles. The molecule has 0 spiro atoms. The van der Waals surface area contributed by atoms with E-state index < -0.39 is 0 Å². The number of hydrogen-bond donors (Lipinski definition) is 0. The maximum absolute atomic E-state index is 6.45. The lowest BCUT2D eigenvalue weighted by Gasteiger charge is -2.36. The lowest BCUT2D eigenvalue weighted by molar-refractivity contribution is -0.0827. The van der Waals surface area contributed by atoms with E-state index in [2.05, 4.69) is 58.9 Å². The largest absolute Gasteiger partial charge is 0.370 e. The second kappa shape index (κ2) is 7.83. The van der Waals surface area contributed by atoms with E-state index in [1.54, 1.807) is 0 Å². The van der Waals surface area contributed by atoms with Gasteiger partial charge in [0.05, 0.1) is 12.2 Å². The van der Waals surface area contributed by atoms with Gasteiger partial charge in [-0.1, -0.05) is 84.6 Å². The highest BCUT2D eigenvalue weighted by Crippen LogP contribution is 2.38. The van der Waals surface area contributed by atoms with Crippen LogP contribution in [0.15, 0.2) is 24.3 Å². The van der Waals surface area contributed by atoms with Gasteiger partial charge in [0.2, 0.25) is 0 Å². The molecule has 130 valence electrons. The molecular weight excluding hydrogens is 280 g/mol. The van der Waals surface area contributed by atoms with Crippen LogP contribution in [0.5, 0.6) is 0 Å². The number of benzene rings is 1. The minimum absolute atomic E-state index is 0.141. The van der Waals surface area contributed by atoms with E-state index >= 15 is 0 Å². The highest BCUT2D eigenvalue weighted by atomic mass is 16.5. The van der Waals surface area contributed by atoms with Crippen molar-refractivity contribution in [1.82, 2.24) is 0 Å². The molecule has 1 aliphatic carbocycles. The van der Waals surface area contributed by atoms with Crippen molar-refractivity contribution in [2.24, 2.45) is 5.41 Å². The van der Waals surface area contributed by atoms with Gasteiger partial charge in [-0.15, -0.1) is 0 Å². The molecular formula is C22H36O. The summed E-state index contributed by atoms with van der Waals surface area (Å²) in [6.45, 7) is 12.4. The molecule has 1 atom stereocenters. The smallest absolute Gasteiger partial charge is 0.0724 e. The van der Waals surface area contributed by atoms with Crippen LogP contribution in [-0.4, -0.2) is 5.60 Å². The van der Waals surface area contributed by atoms with Gasteiger partial charge in [-0.3, -0.25) is 0 Å². The van der Waals surface area contributed by atoms with Gasteiger partial charge in [0.15, 0.2) is 0 Å². The van der Waals surface area contributed by atoms with Crippen LogP contribution in [0.4, 0.5) is 0 Å². The normalized spacial score (nSPS) is 19.5. The summed E-state index contributed by atoms with van der Waals surface area (Å²) in [6.07, 6.45) is 8.86. The van der Waals surface area contributed by atoms with E-state index in [-0.39, 0.29) is 5.60 Å². The summed E-state index contributed by atoms with van der Waals surface area (Å²) in [7, 11) is 0. The van der Waals surface area contributed by atoms with Crippen LogP contribution in [-0.2, 0) is 11.3 Å². The lowest BCUT2D eigenvalue weighted by Crippen LogP contribution is -2.34. The fourth-order valence-corrected chi connectivity index (χ4v) is 3.74. The molecule has 0 radical (unpaired) electrons. The van der Waals surface area contributed by atoms with Crippen LogP contribution in [0.3, 0.4) is 0 Å². The molecule has 1 aliphatic rings. The summed E-state index contributed by atoms with van der Waals surface area (Å²) in [5.74, 6) is 0.572. The Bertz CT molecular complexity index is 483. The molecule has 1 saturated carbocycles. The molecule has 1 heteroatoms. The van der Waals surface area contributed by atoms with Crippen molar-refractivity contribution in [1.29, 1.82) is 0 Å². The SMILES string of the molecule is CCC1(OCc2cccc(C(C)C(C)(C)CC)c2)CCCCC1. The van der Waals surface area contributed by atoms with Crippen molar-refractivity contribution >= 4 is 0 Å². The van der Waals surface area contributed by atoms with Gasteiger partial charge in [-0.2, -0.15) is 0 Å². The van der Waals surface area contributed by atoms with Gasteiger partial charge >= 0.3 is 0 Å². The van der Waals surface area contributed by atoms with Crippen LogP contribution in [0, 0.1) is 5.41 Å². The average Bonchev–Trinajstić information content (AvgIpc) is 2.60. The first-order chi connectivity index (χ1) is 10.9. The average molecular weight is 317 g/mol. The van der Waals surface area contributed by atoms with E-state index in [1.165, 1.54) is 49.7 Å². The van der Waals surface area contributed by atoms with Crippen molar-refractivity contribution in [2.75, 3.05) is 0 Å². The van der Waals surface area contributed by atoms with E-state index in [9.17, 15) is 0 Å². The third kappa shape index (κ3) is 4.59. The van der Waals surface area contributed by atoms with Gasteiger partial charge in [0.25, 0.3) is 0 Å². The predicted octanol–water partition coefficient (Wildman–Crippen LogP) is 6.86. The predicted molar refractivity (Wildman–Crippen MR) is 99.8 cm³/mol. The van der Waals surface area contributed by atoms with Gasteiger partial charge < -0.3 is 4.74 Å². The number of ether oxygens (including phenoxy) is 1. The summed E-state index contributed by atoms with van der Waals surface area (Å²) >= 11 is 0. The molecule has 0 heterocycles. The summed E-state index contributed by atoms with van der Waals surface area (Å²) < 4.78 is 6.45. The standard InChI is InChI=1S/C22H36O/c1-6-21(4,5)18(3)20-13-11-12-19(16-20)17-23-22(7-2)14-9-8-10-15-22/h11-13,16,18H,6-10,14-15,17H2,1-5H3. The fraction of sp³-hybridized carbons (Fsp3) is 0.727.